The van der Waals surface area contributed by atoms with Crippen molar-refractivity contribution in [3.63, 3.8) is 0 Å². The van der Waals surface area contributed by atoms with E-state index >= 15 is 0 Å². The van der Waals surface area contributed by atoms with Crippen molar-refractivity contribution in [3.8, 4) is 0 Å². The molecule has 0 aliphatic carbocycles. The smallest absolute Gasteiger partial charge is 0.259 e. The predicted octanol–water partition coefficient (Wildman–Crippen LogP) is 3.61. The number of carbonyl (C=O) groups is 1. The molecule has 1 N–H and O–H groups in total. The minimum Gasteiger partial charge on any atom is -0.355 e. The maximum absolute atomic E-state index is 13.1. The number of anilines is 2. The van der Waals surface area contributed by atoms with E-state index in [1.165, 1.54) is 35.2 Å². The number of pyridine rings is 1. The van der Waals surface area contributed by atoms with Gasteiger partial charge in [-0.3, -0.25) is 10.1 Å². The summed E-state index contributed by atoms with van der Waals surface area (Å²) in [6.45, 7) is 0.461. The predicted molar refractivity (Wildman–Crippen MR) is 95.6 cm³/mol. The molecule has 0 saturated heterocycles. The summed E-state index contributed by atoms with van der Waals surface area (Å²) < 4.78 is 13.1. The normalized spacial score (nSPS) is 10.5. The highest BCUT2D eigenvalue weighted by atomic mass is 35.5. The molecule has 0 aliphatic rings. The highest BCUT2D eigenvalue weighted by Crippen LogP contribution is 2.21. The molecule has 1 aromatic carbocycles. The van der Waals surface area contributed by atoms with Crippen molar-refractivity contribution in [1.82, 2.24) is 15.2 Å². The quantitative estimate of drug-likeness (QED) is 0.735. The van der Waals surface area contributed by atoms with Crippen LogP contribution in [0.4, 0.5) is 15.3 Å². The number of hydrogen-bond acceptors (Lipinski definition) is 6. The van der Waals surface area contributed by atoms with Gasteiger partial charge < -0.3 is 4.90 Å². The van der Waals surface area contributed by atoms with Gasteiger partial charge in [-0.2, -0.15) is 0 Å². The van der Waals surface area contributed by atoms with E-state index in [0.717, 1.165) is 5.56 Å². The van der Waals surface area contributed by atoms with Gasteiger partial charge in [0, 0.05) is 24.8 Å². The molecule has 0 bridgehead atoms. The number of nitrogens with zero attached hydrogens (tertiary/aromatic N) is 4. The van der Waals surface area contributed by atoms with Crippen LogP contribution >= 0.6 is 22.9 Å². The number of rotatable bonds is 5. The van der Waals surface area contributed by atoms with Gasteiger partial charge in [0.05, 0.1) is 5.56 Å². The zero-order chi connectivity index (χ0) is 17.8. The summed E-state index contributed by atoms with van der Waals surface area (Å²) in [6, 6.07) is 7.68. The Morgan fingerprint density at radius 3 is 2.84 bits per heavy atom. The van der Waals surface area contributed by atoms with Crippen molar-refractivity contribution in [2.24, 2.45) is 0 Å². The maximum Gasteiger partial charge on any atom is 0.259 e. The number of carbonyl (C=O) groups excluding carboxylic acids is 1. The van der Waals surface area contributed by atoms with Crippen LogP contribution in [0.5, 0.6) is 0 Å². The Balaban J connectivity index is 1.67. The third-order valence-corrected chi connectivity index (χ3v) is 4.36. The van der Waals surface area contributed by atoms with E-state index in [2.05, 4.69) is 20.5 Å². The third-order valence-electron chi connectivity index (χ3n) is 3.40. The van der Waals surface area contributed by atoms with E-state index in [-0.39, 0.29) is 11.7 Å². The summed E-state index contributed by atoms with van der Waals surface area (Å²) in [5.74, 6) is -0.0202. The molecule has 0 fully saturated rings. The molecular weight excluding hydrogens is 365 g/mol. The van der Waals surface area contributed by atoms with Crippen molar-refractivity contribution in [2.75, 3.05) is 17.3 Å². The van der Waals surface area contributed by atoms with Gasteiger partial charge in [-0.1, -0.05) is 29.0 Å². The van der Waals surface area contributed by atoms with Gasteiger partial charge in [0.2, 0.25) is 5.13 Å². The molecule has 0 atom stereocenters. The van der Waals surface area contributed by atoms with Gasteiger partial charge in [-0.05, 0) is 29.8 Å². The fraction of sp³-hybridized carbons (Fsp3) is 0.125. The van der Waals surface area contributed by atoms with Crippen molar-refractivity contribution < 1.29 is 9.18 Å². The van der Waals surface area contributed by atoms with Crippen molar-refractivity contribution in [1.29, 1.82) is 0 Å². The van der Waals surface area contributed by atoms with Gasteiger partial charge in [-0.25, -0.2) is 9.37 Å². The van der Waals surface area contributed by atoms with Gasteiger partial charge in [0.1, 0.15) is 17.1 Å². The average molecular weight is 378 g/mol. The largest absolute Gasteiger partial charge is 0.355 e. The Kier molecular flexibility index (Phi) is 5.20. The monoisotopic (exact) mass is 377 g/mol. The minimum absolute atomic E-state index is 0.306. The number of halogens is 2. The van der Waals surface area contributed by atoms with Crippen LogP contribution in [0.25, 0.3) is 0 Å². The topological polar surface area (TPSA) is 71.0 Å². The lowest BCUT2D eigenvalue weighted by Crippen LogP contribution is -2.19. The minimum atomic E-state index is -0.375. The Morgan fingerprint density at radius 1 is 1.36 bits per heavy atom. The van der Waals surface area contributed by atoms with Crippen molar-refractivity contribution >= 4 is 39.8 Å². The van der Waals surface area contributed by atoms with Crippen LogP contribution in [0.3, 0.4) is 0 Å². The first-order chi connectivity index (χ1) is 12.0. The van der Waals surface area contributed by atoms with Crippen LogP contribution in [-0.4, -0.2) is 28.1 Å². The number of aromatic nitrogens is 3. The van der Waals surface area contributed by atoms with E-state index in [4.69, 9.17) is 11.6 Å². The number of hydrogen-bond donors (Lipinski definition) is 1. The molecule has 0 spiro atoms. The molecule has 3 rings (SSSR count). The maximum atomic E-state index is 13.1. The second-order valence-corrected chi connectivity index (χ2v) is 6.44. The standard InChI is InChI=1S/C16H13ClFN5OS/c1-23(8-11-2-4-12(18)6-13(11)17)14-5-3-10(7-19-14)15(24)21-16-22-20-9-25-16/h2-7,9H,8H2,1H3,(H,21,22,24). The van der Waals surface area contributed by atoms with E-state index in [1.54, 1.807) is 18.2 Å². The summed E-state index contributed by atoms with van der Waals surface area (Å²) in [6.07, 6.45) is 1.48. The summed E-state index contributed by atoms with van der Waals surface area (Å²) in [7, 11) is 1.84. The Hall–Kier alpha value is -2.58. The van der Waals surface area contributed by atoms with Crippen LogP contribution in [-0.2, 0) is 6.54 Å². The van der Waals surface area contributed by atoms with E-state index < -0.39 is 0 Å². The number of nitrogens with one attached hydrogen (secondary N) is 1. The lowest BCUT2D eigenvalue weighted by atomic mass is 10.2. The Bertz CT molecular complexity index is 873. The first-order valence-corrected chi connectivity index (χ1v) is 8.47. The fourth-order valence-corrected chi connectivity index (χ4v) is 2.80. The molecule has 0 saturated carbocycles. The molecule has 9 heteroatoms. The van der Waals surface area contributed by atoms with Gasteiger partial charge >= 0.3 is 0 Å². The highest BCUT2D eigenvalue weighted by Gasteiger charge is 2.11. The second-order valence-electron chi connectivity index (χ2n) is 5.19. The average Bonchev–Trinajstić information content (AvgIpc) is 3.10. The molecule has 25 heavy (non-hydrogen) atoms. The highest BCUT2D eigenvalue weighted by molar-refractivity contribution is 7.13. The molecular formula is C16H13ClFN5OS. The zero-order valence-electron chi connectivity index (χ0n) is 13.1. The van der Waals surface area contributed by atoms with Crippen LogP contribution in [0.2, 0.25) is 5.02 Å². The van der Waals surface area contributed by atoms with E-state index in [0.29, 0.717) is 28.1 Å². The SMILES string of the molecule is CN(Cc1ccc(F)cc1Cl)c1ccc(C(=O)Nc2nncs2)cn1. The van der Waals surface area contributed by atoms with Gasteiger partial charge in [0.25, 0.3) is 5.91 Å². The van der Waals surface area contributed by atoms with Crippen molar-refractivity contribution in [2.45, 2.75) is 6.54 Å². The molecule has 2 aromatic heterocycles. The lowest BCUT2D eigenvalue weighted by Gasteiger charge is -2.19. The molecule has 3 aromatic rings. The molecule has 0 aliphatic heterocycles. The van der Waals surface area contributed by atoms with E-state index in [9.17, 15) is 9.18 Å². The third kappa shape index (κ3) is 4.28. The van der Waals surface area contributed by atoms with Gasteiger partial charge in [0.15, 0.2) is 0 Å². The number of benzene rings is 1. The first kappa shape index (κ1) is 17.2. The van der Waals surface area contributed by atoms with Crippen LogP contribution in [0.1, 0.15) is 15.9 Å². The van der Waals surface area contributed by atoms with Crippen LogP contribution in [0.15, 0.2) is 42.0 Å². The molecule has 2 heterocycles. The summed E-state index contributed by atoms with van der Waals surface area (Å²) >= 11 is 7.28. The molecule has 1 amide bonds. The molecule has 128 valence electrons. The Labute approximate surface area is 152 Å². The molecule has 6 nitrogen and oxygen atoms in total. The van der Waals surface area contributed by atoms with Gasteiger partial charge in [-0.15, -0.1) is 10.2 Å². The number of amides is 1. The van der Waals surface area contributed by atoms with Crippen LogP contribution in [0, 0.1) is 5.82 Å². The first-order valence-electron chi connectivity index (χ1n) is 7.21. The fourth-order valence-electron chi connectivity index (χ4n) is 2.13. The summed E-state index contributed by atoms with van der Waals surface area (Å²) in [5.41, 5.74) is 2.73. The van der Waals surface area contributed by atoms with Crippen molar-refractivity contribution in [3.05, 3.63) is 64.0 Å². The molecule has 0 radical (unpaired) electrons. The second kappa shape index (κ2) is 7.54. The summed E-state index contributed by atoms with van der Waals surface area (Å²) in [4.78, 5) is 18.2. The zero-order valence-corrected chi connectivity index (χ0v) is 14.7. The summed E-state index contributed by atoms with van der Waals surface area (Å²) in [5, 5.41) is 10.8. The molecule has 0 unspecified atom stereocenters. The van der Waals surface area contributed by atoms with E-state index in [1.807, 2.05) is 11.9 Å². The lowest BCUT2D eigenvalue weighted by molar-refractivity contribution is 0.102. The van der Waals surface area contributed by atoms with Crippen LogP contribution < -0.4 is 10.2 Å². The Morgan fingerprint density at radius 2 is 2.20 bits per heavy atom.